The fraction of sp³-hybridized carbons (Fsp3) is 0.167. The molecule has 3 rings (SSSR count). The molecule has 18 heavy (non-hydrogen) atoms. The number of rotatable bonds is 0. The second-order valence-electron chi connectivity index (χ2n) is 4.14. The van der Waals surface area contributed by atoms with Gasteiger partial charge in [-0.2, -0.15) is 0 Å². The highest BCUT2D eigenvalue weighted by molar-refractivity contribution is 7.99. The highest BCUT2D eigenvalue weighted by Gasteiger charge is 2.20. The average molecular weight is 261 g/mol. The van der Waals surface area contributed by atoms with Crippen molar-refractivity contribution in [2.75, 3.05) is 11.9 Å². The predicted octanol–water partition coefficient (Wildman–Crippen LogP) is 1.16. The van der Waals surface area contributed by atoms with Gasteiger partial charge in [0.15, 0.2) is 0 Å². The van der Waals surface area contributed by atoms with Crippen LogP contribution in [0.4, 0.5) is 5.69 Å². The summed E-state index contributed by atoms with van der Waals surface area (Å²) in [4.78, 5) is 31.1. The minimum Gasteiger partial charge on any atom is -0.369 e. The molecular weight excluding hydrogens is 250 g/mol. The van der Waals surface area contributed by atoms with E-state index in [0.717, 1.165) is 10.6 Å². The van der Waals surface area contributed by atoms with Crippen LogP contribution in [0.5, 0.6) is 0 Å². The van der Waals surface area contributed by atoms with E-state index >= 15 is 0 Å². The Kier molecular flexibility index (Phi) is 2.52. The van der Waals surface area contributed by atoms with Crippen molar-refractivity contribution in [1.29, 1.82) is 0 Å². The van der Waals surface area contributed by atoms with Crippen molar-refractivity contribution in [1.82, 2.24) is 9.97 Å². The van der Waals surface area contributed by atoms with Crippen LogP contribution in [0.3, 0.4) is 0 Å². The fourth-order valence-corrected chi connectivity index (χ4v) is 3.13. The molecule has 1 aromatic heterocycles. The van der Waals surface area contributed by atoms with Gasteiger partial charge < -0.3 is 9.88 Å². The molecular formula is C12H11N3O2S. The molecule has 6 heteroatoms. The van der Waals surface area contributed by atoms with E-state index in [1.807, 2.05) is 36.2 Å². The lowest BCUT2D eigenvalue weighted by Crippen LogP contribution is -2.29. The van der Waals surface area contributed by atoms with Crippen molar-refractivity contribution in [3.8, 4) is 0 Å². The van der Waals surface area contributed by atoms with E-state index in [2.05, 4.69) is 9.97 Å². The first-order chi connectivity index (χ1) is 8.65. The number of benzene rings is 1. The second kappa shape index (κ2) is 4.06. The molecule has 1 aromatic carbocycles. The number of hydrogen-bond donors (Lipinski definition) is 2. The van der Waals surface area contributed by atoms with E-state index in [1.54, 1.807) is 0 Å². The Labute approximate surface area is 107 Å². The van der Waals surface area contributed by atoms with Crippen molar-refractivity contribution >= 4 is 17.4 Å². The van der Waals surface area contributed by atoms with Gasteiger partial charge >= 0.3 is 5.69 Å². The van der Waals surface area contributed by atoms with Gasteiger partial charge in [0.2, 0.25) is 0 Å². The summed E-state index contributed by atoms with van der Waals surface area (Å²) in [6.45, 7) is 0.478. The molecule has 0 radical (unpaired) electrons. The molecule has 92 valence electrons. The smallest absolute Gasteiger partial charge is 0.326 e. The Morgan fingerprint density at radius 2 is 2.00 bits per heavy atom. The lowest BCUT2D eigenvalue weighted by atomic mass is 10.2. The van der Waals surface area contributed by atoms with E-state index in [0.29, 0.717) is 17.1 Å². The molecule has 0 spiro atoms. The Morgan fingerprint density at radius 3 is 2.83 bits per heavy atom. The summed E-state index contributed by atoms with van der Waals surface area (Å²) in [5.74, 6) is 0. The summed E-state index contributed by atoms with van der Waals surface area (Å²) in [6.07, 6.45) is 0. The summed E-state index contributed by atoms with van der Waals surface area (Å²) >= 11 is 1.42. The molecule has 0 unspecified atom stereocenters. The number of H-pyrrole nitrogens is 2. The van der Waals surface area contributed by atoms with Gasteiger partial charge in [0, 0.05) is 11.9 Å². The highest BCUT2D eigenvalue weighted by Crippen LogP contribution is 2.37. The van der Waals surface area contributed by atoms with Gasteiger partial charge in [0.25, 0.3) is 5.56 Å². The third-order valence-electron chi connectivity index (χ3n) is 2.89. The Morgan fingerprint density at radius 1 is 1.22 bits per heavy atom. The van der Waals surface area contributed by atoms with Crippen molar-refractivity contribution in [3.05, 3.63) is 50.7 Å². The van der Waals surface area contributed by atoms with E-state index in [4.69, 9.17) is 0 Å². The minimum atomic E-state index is -0.465. The van der Waals surface area contributed by atoms with Gasteiger partial charge in [-0.05, 0) is 12.1 Å². The van der Waals surface area contributed by atoms with Gasteiger partial charge in [-0.15, -0.1) is 0 Å². The molecule has 0 bridgehead atoms. The molecule has 1 aliphatic rings. The lowest BCUT2D eigenvalue weighted by molar-refractivity contribution is 0.826. The molecule has 0 amide bonds. The van der Waals surface area contributed by atoms with Gasteiger partial charge in [-0.25, -0.2) is 4.79 Å². The number of anilines is 1. The molecule has 5 nitrogen and oxygen atoms in total. The molecule has 2 heterocycles. The topological polar surface area (TPSA) is 69.0 Å². The quantitative estimate of drug-likeness (QED) is 0.698. The number of fused-ring (bicyclic) bond motifs is 2. The van der Waals surface area contributed by atoms with Crippen molar-refractivity contribution < 1.29 is 0 Å². The van der Waals surface area contributed by atoms with E-state index < -0.39 is 5.69 Å². The largest absolute Gasteiger partial charge is 0.369 e. The lowest BCUT2D eigenvalue weighted by Gasteiger charge is -2.18. The summed E-state index contributed by atoms with van der Waals surface area (Å²) in [6, 6.07) is 7.88. The molecule has 0 saturated carbocycles. The van der Waals surface area contributed by atoms with E-state index in [9.17, 15) is 9.59 Å². The molecule has 0 fully saturated rings. The van der Waals surface area contributed by atoms with Crippen LogP contribution in [0.1, 0.15) is 5.56 Å². The predicted molar refractivity (Wildman–Crippen MR) is 70.4 cm³/mol. The first-order valence-electron chi connectivity index (χ1n) is 5.48. The zero-order valence-corrected chi connectivity index (χ0v) is 10.5. The standard InChI is InChI=1S/C12H11N3O2S/c1-15-6-7-10(16)13-12(17)14-11(7)18-9-5-3-2-4-8(9)15/h2-5H,6H2,1H3,(H2,13,14,16,17). The van der Waals surface area contributed by atoms with E-state index in [-0.39, 0.29) is 5.56 Å². The summed E-state index contributed by atoms with van der Waals surface area (Å²) < 4.78 is 0. The zero-order valence-electron chi connectivity index (χ0n) is 9.69. The third-order valence-corrected chi connectivity index (χ3v) is 4.00. The maximum Gasteiger partial charge on any atom is 0.326 e. The second-order valence-corrected chi connectivity index (χ2v) is 5.19. The molecule has 1 aliphatic heterocycles. The molecule has 2 N–H and O–H groups in total. The molecule has 2 aromatic rings. The Hall–Kier alpha value is -1.95. The first kappa shape index (κ1) is 11.2. The van der Waals surface area contributed by atoms with Crippen LogP contribution in [0, 0.1) is 0 Å². The number of nitrogens with one attached hydrogen (secondary N) is 2. The van der Waals surface area contributed by atoms with Crippen LogP contribution in [0.2, 0.25) is 0 Å². The SMILES string of the molecule is CN1Cc2c([nH]c(=O)[nH]c2=O)Sc2ccccc21. The van der Waals surface area contributed by atoms with Crippen LogP contribution < -0.4 is 16.1 Å². The van der Waals surface area contributed by atoms with Crippen molar-refractivity contribution in [2.24, 2.45) is 0 Å². The minimum absolute atomic E-state index is 0.319. The maximum absolute atomic E-state index is 11.8. The van der Waals surface area contributed by atoms with Crippen molar-refractivity contribution in [3.63, 3.8) is 0 Å². The number of aromatic nitrogens is 2. The van der Waals surface area contributed by atoms with Gasteiger partial charge in [0.1, 0.15) is 0 Å². The van der Waals surface area contributed by atoms with Crippen LogP contribution in [0.25, 0.3) is 0 Å². The molecule has 0 saturated heterocycles. The highest BCUT2D eigenvalue weighted by atomic mass is 32.2. The maximum atomic E-state index is 11.8. The zero-order chi connectivity index (χ0) is 12.7. The average Bonchev–Trinajstić information content (AvgIpc) is 2.47. The number of aromatic amines is 2. The summed E-state index contributed by atoms with van der Waals surface area (Å²) in [5.41, 5.74) is 0.867. The summed E-state index contributed by atoms with van der Waals surface area (Å²) in [7, 11) is 1.93. The van der Waals surface area contributed by atoms with Crippen LogP contribution >= 0.6 is 11.8 Å². The number of nitrogens with zero attached hydrogens (tertiary/aromatic N) is 1. The van der Waals surface area contributed by atoms with Crippen molar-refractivity contribution in [2.45, 2.75) is 16.5 Å². The van der Waals surface area contributed by atoms with E-state index in [1.165, 1.54) is 11.8 Å². The monoisotopic (exact) mass is 261 g/mol. The van der Waals surface area contributed by atoms with Gasteiger partial charge in [-0.3, -0.25) is 9.78 Å². The Balaban J connectivity index is 2.24. The molecule has 0 aliphatic carbocycles. The summed E-state index contributed by atoms with van der Waals surface area (Å²) in [5, 5.41) is 0.626. The van der Waals surface area contributed by atoms with Crippen LogP contribution in [-0.4, -0.2) is 17.0 Å². The third kappa shape index (κ3) is 1.74. The first-order valence-corrected chi connectivity index (χ1v) is 6.30. The normalized spacial score (nSPS) is 13.7. The number of para-hydroxylation sites is 1. The Bertz CT molecular complexity index is 720. The van der Waals surface area contributed by atoms with Crippen LogP contribution in [0.15, 0.2) is 43.8 Å². The van der Waals surface area contributed by atoms with Gasteiger partial charge in [-0.1, -0.05) is 23.9 Å². The van der Waals surface area contributed by atoms with Gasteiger partial charge in [0.05, 0.1) is 22.8 Å². The van der Waals surface area contributed by atoms with Crippen LogP contribution in [-0.2, 0) is 6.54 Å². The fourth-order valence-electron chi connectivity index (χ4n) is 2.01. The number of hydrogen-bond acceptors (Lipinski definition) is 4. The molecule has 0 atom stereocenters.